The Hall–Kier alpha value is -1.55. The first-order valence-corrected chi connectivity index (χ1v) is 6.44. The molecule has 1 aromatic rings. The maximum absolute atomic E-state index is 11.6. The van der Waals surface area contributed by atoms with Crippen LogP contribution in [0.4, 0.5) is 5.69 Å². The Morgan fingerprint density at radius 3 is 2.94 bits per heavy atom. The Kier molecular flexibility index (Phi) is 4.20. The van der Waals surface area contributed by atoms with Crippen LogP contribution in [0, 0.1) is 5.92 Å². The van der Waals surface area contributed by atoms with Crippen molar-refractivity contribution in [2.75, 3.05) is 12.3 Å². The van der Waals surface area contributed by atoms with E-state index in [9.17, 15) is 9.90 Å². The van der Waals surface area contributed by atoms with E-state index >= 15 is 0 Å². The van der Waals surface area contributed by atoms with E-state index in [-0.39, 0.29) is 12.0 Å². The van der Waals surface area contributed by atoms with Crippen molar-refractivity contribution in [2.45, 2.75) is 31.8 Å². The van der Waals surface area contributed by atoms with Crippen molar-refractivity contribution in [1.82, 2.24) is 5.32 Å². The Balaban J connectivity index is 1.67. The zero-order valence-electron chi connectivity index (χ0n) is 10.4. The molecule has 0 spiro atoms. The fourth-order valence-electron chi connectivity index (χ4n) is 1.96. The highest BCUT2D eigenvalue weighted by atomic mass is 16.3. The number of aliphatic hydroxyl groups is 1. The highest BCUT2D eigenvalue weighted by Crippen LogP contribution is 2.32. The monoisotopic (exact) mass is 248 g/mol. The van der Waals surface area contributed by atoms with Crippen LogP contribution >= 0.6 is 0 Å². The van der Waals surface area contributed by atoms with Gasteiger partial charge in [0.15, 0.2) is 0 Å². The summed E-state index contributed by atoms with van der Waals surface area (Å²) in [6.07, 6.45) is 2.90. The second-order valence-electron chi connectivity index (χ2n) is 4.95. The van der Waals surface area contributed by atoms with E-state index in [2.05, 4.69) is 5.32 Å². The van der Waals surface area contributed by atoms with Gasteiger partial charge in [-0.3, -0.25) is 4.79 Å². The summed E-state index contributed by atoms with van der Waals surface area (Å²) in [5.41, 5.74) is 7.45. The van der Waals surface area contributed by atoms with Crippen molar-refractivity contribution in [3.05, 3.63) is 29.8 Å². The molecule has 1 aromatic carbocycles. The molecular weight excluding hydrogens is 228 g/mol. The van der Waals surface area contributed by atoms with Crippen LogP contribution in [0.3, 0.4) is 0 Å². The highest BCUT2D eigenvalue weighted by molar-refractivity contribution is 5.76. The van der Waals surface area contributed by atoms with Gasteiger partial charge in [0, 0.05) is 18.7 Å². The Morgan fingerprint density at radius 2 is 2.28 bits per heavy atom. The van der Waals surface area contributed by atoms with Crippen molar-refractivity contribution in [3.8, 4) is 0 Å². The molecule has 98 valence electrons. The molecule has 2 rings (SSSR count). The molecule has 1 unspecified atom stereocenters. The number of aryl methyl sites for hydroxylation is 1. The Bertz CT molecular complexity index is 416. The molecule has 18 heavy (non-hydrogen) atoms. The van der Waals surface area contributed by atoms with Crippen LogP contribution in [0.15, 0.2) is 24.3 Å². The van der Waals surface area contributed by atoms with Gasteiger partial charge in [0.2, 0.25) is 5.91 Å². The molecule has 0 radical (unpaired) electrons. The molecule has 0 aliphatic heterocycles. The summed E-state index contributed by atoms with van der Waals surface area (Å²) in [6.45, 7) is 0.375. The predicted octanol–water partition coefficient (Wildman–Crippen LogP) is 1.09. The number of rotatable bonds is 6. The summed E-state index contributed by atoms with van der Waals surface area (Å²) in [6, 6.07) is 7.56. The number of carbonyl (C=O) groups is 1. The smallest absolute Gasteiger partial charge is 0.220 e. The van der Waals surface area contributed by atoms with Gasteiger partial charge >= 0.3 is 0 Å². The first-order valence-electron chi connectivity index (χ1n) is 6.44. The number of nitrogen functional groups attached to an aromatic ring is 1. The van der Waals surface area contributed by atoms with Crippen LogP contribution < -0.4 is 11.1 Å². The third kappa shape index (κ3) is 4.04. The molecule has 0 aromatic heterocycles. The fourth-order valence-corrected chi connectivity index (χ4v) is 1.96. The van der Waals surface area contributed by atoms with Crippen LogP contribution in [-0.4, -0.2) is 23.7 Å². The van der Waals surface area contributed by atoms with Gasteiger partial charge in [0.25, 0.3) is 0 Å². The third-order valence-electron chi connectivity index (χ3n) is 3.27. The lowest BCUT2D eigenvalue weighted by Crippen LogP contribution is -2.33. The maximum atomic E-state index is 11.6. The van der Waals surface area contributed by atoms with Gasteiger partial charge in [-0.15, -0.1) is 0 Å². The summed E-state index contributed by atoms with van der Waals surface area (Å²) in [5, 5.41) is 12.4. The number of benzene rings is 1. The van der Waals surface area contributed by atoms with Crippen molar-refractivity contribution < 1.29 is 9.90 Å². The molecule has 4 nitrogen and oxygen atoms in total. The minimum atomic E-state index is -0.374. The van der Waals surface area contributed by atoms with E-state index in [0.29, 0.717) is 25.3 Å². The maximum Gasteiger partial charge on any atom is 0.220 e. The van der Waals surface area contributed by atoms with Gasteiger partial charge < -0.3 is 16.2 Å². The van der Waals surface area contributed by atoms with Gasteiger partial charge in [-0.25, -0.2) is 0 Å². The number of carbonyl (C=O) groups excluding carboxylic acids is 1. The standard InChI is InChI=1S/C14H20N2O2/c15-12-3-1-2-10(8-12)4-7-14(18)16-9-13(17)11-5-6-11/h1-3,8,11,13,17H,4-7,9,15H2,(H,16,18). The minimum absolute atomic E-state index is 0.0166. The number of nitrogens with two attached hydrogens (primary N) is 1. The largest absolute Gasteiger partial charge is 0.399 e. The molecule has 4 N–H and O–H groups in total. The van der Waals surface area contributed by atoms with Crippen LogP contribution in [0.2, 0.25) is 0 Å². The fraction of sp³-hybridized carbons (Fsp3) is 0.500. The highest BCUT2D eigenvalue weighted by Gasteiger charge is 2.29. The van der Waals surface area contributed by atoms with E-state index in [1.807, 2.05) is 24.3 Å². The van der Waals surface area contributed by atoms with Crippen molar-refractivity contribution >= 4 is 11.6 Å². The molecule has 1 atom stereocenters. The lowest BCUT2D eigenvalue weighted by Gasteiger charge is -2.10. The first-order chi connectivity index (χ1) is 8.65. The summed E-state index contributed by atoms with van der Waals surface area (Å²) >= 11 is 0. The molecule has 0 heterocycles. The van der Waals surface area contributed by atoms with Crippen LogP contribution in [0.5, 0.6) is 0 Å². The number of nitrogens with one attached hydrogen (secondary N) is 1. The van der Waals surface area contributed by atoms with Crippen molar-refractivity contribution in [3.63, 3.8) is 0 Å². The number of hydrogen-bond donors (Lipinski definition) is 3. The Labute approximate surface area is 107 Å². The van der Waals surface area contributed by atoms with E-state index in [0.717, 1.165) is 24.1 Å². The third-order valence-corrected chi connectivity index (χ3v) is 3.27. The van der Waals surface area contributed by atoms with Gasteiger partial charge in [-0.2, -0.15) is 0 Å². The van der Waals surface area contributed by atoms with Gasteiger partial charge in [-0.1, -0.05) is 12.1 Å². The van der Waals surface area contributed by atoms with Gasteiger partial charge in [-0.05, 0) is 42.9 Å². The molecular formula is C14H20N2O2. The zero-order valence-corrected chi connectivity index (χ0v) is 10.4. The summed E-state index contributed by atoms with van der Waals surface area (Å²) in [7, 11) is 0. The second-order valence-corrected chi connectivity index (χ2v) is 4.95. The van der Waals surface area contributed by atoms with E-state index in [4.69, 9.17) is 5.73 Å². The summed E-state index contributed by atoms with van der Waals surface area (Å²) in [5.74, 6) is 0.386. The molecule has 1 saturated carbocycles. The van der Waals surface area contributed by atoms with Crippen molar-refractivity contribution in [2.24, 2.45) is 5.92 Å². The van der Waals surface area contributed by atoms with Crippen LogP contribution in [-0.2, 0) is 11.2 Å². The van der Waals surface area contributed by atoms with Crippen LogP contribution in [0.25, 0.3) is 0 Å². The first kappa shape index (κ1) is 12.9. The molecule has 0 bridgehead atoms. The predicted molar refractivity (Wildman–Crippen MR) is 70.9 cm³/mol. The number of aliphatic hydroxyl groups excluding tert-OH is 1. The molecule has 1 aliphatic rings. The number of amides is 1. The van der Waals surface area contributed by atoms with Gasteiger partial charge in [0.1, 0.15) is 0 Å². The lowest BCUT2D eigenvalue weighted by atomic mass is 10.1. The molecule has 1 fully saturated rings. The second kappa shape index (κ2) is 5.87. The minimum Gasteiger partial charge on any atom is -0.399 e. The van der Waals surface area contributed by atoms with Crippen LogP contribution in [0.1, 0.15) is 24.8 Å². The zero-order chi connectivity index (χ0) is 13.0. The molecule has 0 saturated heterocycles. The normalized spacial score (nSPS) is 16.3. The summed E-state index contributed by atoms with van der Waals surface area (Å²) in [4.78, 5) is 11.6. The average molecular weight is 248 g/mol. The summed E-state index contributed by atoms with van der Waals surface area (Å²) < 4.78 is 0. The molecule has 1 aliphatic carbocycles. The lowest BCUT2D eigenvalue weighted by molar-refractivity contribution is -0.121. The number of hydrogen-bond acceptors (Lipinski definition) is 3. The van der Waals surface area contributed by atoms with E-state index < -0.39 is 0 Å². The molecule has 1 amide bonds. The topological polar surface area (TPSA) is 75.4 Å². The van der Waals surface area contributed by atoms with E-state index in [1.54, 1.807) is 0 Å². The quantitative estimate of drug-likeness (QED) is 0.660. The van der Waals surface area contributed by atoms with Gasteiger partial charge in [0.05, 0.1) is 6.10 Å². The molecule has 4 heteroatoms. The average Bonchev–Trinajstić information content (AvgIpc) is 3.17. The van der Waals surface area contributed by atoms with E-state index in [1.165, 1.54) is 0 Å². The Morgan fingerprint density at radius 1 is 1.50 bits per heavy atom. The SMILES string of the molecule is Nc1cccc(CCC(=O)NCC(O)C2CC2)c1. The van der Waals surface area contributed by atoms with Crippen molar-refractivity contribution in [1.29, 1.82) is 0 Å². The number of anilines is 1.